The molecule has 0 aliphatic carbocycles. The standard InChI is InChI=1S/C18H18.C2H6/c1-4-5-14-8-9-16-11-12(2)10-15-7-6-13(3)17(14)18(15)16;1-2/h5-11H,4H2,1-3H3;1-2H3/b14-5-;. The van der Waals surface area contributed by atoms with Crippen molar-refractivity contribution < 1.29 is 0 Å². The van der Waals surface area contributed by atoms with E-state index in [1.54, 1.807) is 0 Å². The van der Waals surface area contributed by atoms with Crippen LogP contribution in [0, 0.1) is 13.8 Å². The van der Waals surface area contributed by atoms with Crippen molar-refractivity contribution >= 4 is 27.6 Å². The highest BCUT2D eigenvalue weighted by Crippen LogP contribution is 2.28. The molecule has 0 aromatic heterocycles. The van der Waals surface area contributed by atoms with Gasteiger partial charge in [0.15, 0.2) is 0 Å². The molecule has 0 heterocycles. The van der Waals surface area contributed by atoms with Gasteiger partial charge < -0.3 is 0 Å². The van der Waals surface area contributed by atoms with Crippen molar-refractivity contribution in [2.75, 3.05) is 0 Å². The lowest BCUT2D eigenvalue weighted by Gasteiger charge is -2.10. The Labute approximate surface area is 122 Å². The average Bonchev–Trinajstić information content (AvgIpc) is 2.46. The Balaban J connectivity index is 0.000000704. The molecule has 0 nitrogen and oxygen atoms in total. The molecule has 0 aliphatic heterocycles. The van der Waals surface area contributed by atoms with Gasteiger partial charge in [-0.3, -0.25) is 0 Å². The lowest BCUT2D eigenvalue weighted by molar-refractivity contribution is 1.29. The molecule has 0 N–H and O–H groups in total. The van der Waals surface area contributed by atoms with Crippen LogP contribution < -0.4 is 5.22 Å². The second-order valence-electron chi connectivity index (χ2n) is 5.11. The highest BCUT2D eigenvalue weighted by Gasteiger charge is 2.06. The first-order chi connectivity index (χ1) is 9.70. The maximum absolute atomic E-state index is 2.32. The van der Waals surface area contributed by atoms with E-state index in [0.717, 1.165) is 6.42 Å². The number of rotatable bonds is 1. The molecule has 104 valence electrons. The lowest BCUT2D eigenvalue weighted by atomic mass is 9.94. The third-order valence-electron chi connectivity index (χ3n) is 3.66. The normalized spacial score (nSPS) is 11.8. The summed E-state index contributed by atoms with van der Waals surface area (Å²) >= 11 is 0. The van der Waals surface area contributed by atoms with E-state index in [0.29, 0.717) is 0 Å². The van der Waals surface area contributed by atoms with Gasteiger partial charge in [-0.2, -0.15) is 0 Å². The van der Waals surface area contributed by atoms with Crippen LogP contribution in [0.15, 0.2) is 36.4 Å². The van der Waals surface area contributed by atoms with Gasteiger partial charge in [0.25, 0.3) is 0 Å². The predicted octanol–water partition coefficient (Wildman–Crippen LogP) is 5.55. The number of aryl methyl sites for hydroxylation is 2. The molecular weight excluding hydrogens is 240 g/mol. The highest BCUT2D eigenvalue weighted by atomic mass is 14.1. The zero-order valence-corrected chi connectivity index (χ0v) is 13.2. The van der Waals surface area contributed by atoms with Crippen molar-refractivity contribution in [2.24, 2.45) is 0 Å². The second kappa shape index (κ2) is 6.09. The van der Waals surface area contributed by atoms with Gasteiger partial charge in [0.1, 0.15) is 0 Å². The first kappa shape index (κ1) is 14.6. The first-order valence-electron chi connectivity index (χ1n) is 7.63. The Morgan fingerprint density at radius 2 is 1.45 bits per heavy atom. The van der Waals surface area contributed by atoms with Crippen LogP contribution in [0.1, 0.15) is 38.3 Å². The highest BCUT2D eigenvalue weighted by molar-refractivity contribution is 6.11. The van der Waals surface area contributed by atoms with Gasteiger partial charge in [-0.25, -0.2) is 0 Å². The Morgan fingerprint density at radius 3 is 2.05 bits per heavy atom. The van der Waals surface area contributed by atoms with E-state index < -0.39 is 0 Å². The summed E-state index contributed by atoms with van der Waals surface area (Å²) in [5.74, 6) is 0. The van der Waals surface area contributed by atoms with Crippen molar-refractivity contribution in [3.8, 4) is 0 Å². The van der Waals surface area contributed by atoms with Crippen molar-refractivity contribution in [3.05, 3.63) is 52.7 Å². The monoisotopic (exact) mass is 264 g/mol. The van der Waals surface area contributed by atoms with Crippen molar-refractivity contribution in [1.82, 2.24) is 0 Å². The van der Waals surface area contributed by atoms with Crippen molar-refractivity contribution in [2.45, 2.75) is 41.0 Å². The van der Waals surface area contributed by atoms with Gasteiger partial charge in [0, 0.05) is 0 Å². The summed E-state index contributed by atoms with van der Waals surface area (Å²) in [5, 5.41) is 6.93. The quantitative estimate of drug-likeness (QED) is 0.541. The molecule has 0 fully saturated rings. The Morgan fingerprint density at radius 1 is 0.850 bits per heavy atom. The molecule has 0 unspecified atom stereocenters. The predicted molar refractivity (Wildman–Crippen MR) is 92.3 cm³/mol. The van der Waals surface area contributed by atoms with Crippen molar-refractivity contribution in [1.29, 1.82) is 0 Å². The van der Waals surface area contributed by atoms with Gasteiger partial charge >= 0.3 is 0 Å². The molecule has 0 atom stereocenters. The minimum absolute atomic E-state index is 1.08. The fourth-order valence-corrected chi connectivity index (χ4v) is 2.91. The van der Waals surface area contributed by atoms with Crippen LogP contribution in [-0.2, 0) is 0 Å². The molecule has 0 saturated heterocycles. The Hall–Kier alpha value is -1.82. The van der Waals surface area contributed by atoms with E-state index in [2.05, 4.69) is 63.2 Å². The van der Waals surface area contributed by atoms with Crippen LogP contribution in [0.4, 0.5) is 0 Å². The molecule has 0 amide bonds. The van der Waals surface area contributed by atoms with Gasteiger partial charge in [-0.05, 0) is 58.2 Å². The maximum atomic E-state index is 2.32. The minimum atomic E-state index is 1.08. The zero-order valence-electron chi connectivity index (χ0n) is 13.2. The van der Waals surface area contributed by atoms with E-state index in [1.165, 1.54) is 37.9 Å². The van der Waals surface area contributed by atoms with E-state index in [9.17, 15) is 0 Å². The minimum Gasteiger partial charge on any atom is -0.0769 e. The maximum Gasteiger partial charge on any atom is -0.00301 e. The summed E-state index contributed by atoms with van der Waals surface area (Å²) < 4.78 is 0. The van der Waals surface area contributed by atoms with Crippen LogP contribution in [0.25, 0.3) is 27.6 Å². The summed E-state index contributed by atoms with van der Waals surface area (Å²) in [6, 6.07) is 13.6. The zero-order chi connectivity index (χ0) is 14.7. The topological polar surface area (TPSA) is 0 Å². The number of hydrogen-bond donors (Lipinski definition) is 0. The third kappa shape index (κ3) is 2.43. The molecular formula is C20H24. The number of hydrogen-bond acceptors (Lipinski definition) is 0. The molecule has 3 rings (SSSR count). The SMILES string of the molecule is CC.CC/C=c1/ccc2cc(C)cc3ccc(C)c1c32. The summed E-state index contributed by atoms with van der Waals surface area (Å²) in [5.41, 5.74) is 2.71. The summed E-state index contributed by atoms with van der Waals surface area (Å²) in [7, 11) is 0. The lowest BCUT2D eigenvalue weighted by Crippen LogP contribution is -2.03. The molecule has 0 saturated carbocycles. The average molecular weight is 264 g/mol. The largest absolute Gasteiger partial charge is 0.0769 e. The first-order valence-corrected chi connectivity index (χ1v) is 7.63. The van der Waals surface area contributed by atoms with Gasteiger partial charge in [0.05, 0.1) is 0 Å². The fourth-order valence-electron chi connectivity index (χ4n) is 2.91. The smallest absolute Gasteiger partial charge is 0.00301 e. The van der Waals surface area contributed by atoms with Crippen LogP contribution in [-0.4, -0.2) is 0 Å². The molecule has 3 aromatic carbocycles. The van der Waals surface area contributed by atoms with Gasteiger partial charge in [0.2, 0.25) is 0 Å². The molecule has 0 radical (unpaired) electrons. The van der Waals surface area contributed by atoms with Crippen LogP contribution in [0.2, 0.25) is 0 Å². The van der Waals surface area contributed by atoms with E-state index in [4.69, 9.17) is 0 Å². The molecule has 0 aliphatic rings. The second-order valence-corrected chi connectivity index (χ2v) is 5.11. The fraction of sp³-hybridized carbons (Fsp3) is 0.300. The van der Waals surface area contributed by atoms with Crippen LogP contribution in [0.5, 0.6) is 0 Å². The molecule has 0 bridgehead atoms. The van der Waals surface area contributed by atoms with Crippen LogP contribution in [0.3, 0.4) is 0 Å². The van der Waals surface area contributed by atoms with Gasteiger partial charge in [-0.1, -0.05) is 63.2 Å². The number of benzene rings is 3. The van der Waals surface area contributed by atoms with Crippen molar-refractivity contribution in [3.63, 3.8) is 0 Å². The molecule has 0 heteroatoms. The molecule has 20 heavy (non-hydrogen) atoms. The van der Waals surface area contributed by atoms with E-state index in [1.807, 2.05) is 13.8 Å². The van der Waals surface area contributed by atoms with Gasteiger partial charge in [-0.15, -0.1) is 0 Å². The summed E-state index contributed by atoms with van der Waals surface area (Å²) in [4.78, 5) is 0. The molecule has 3 aromatic rings. The van der Waals surface area contributed by atoms with E-state index >= 15 is 0 Å². The Kier molecular flexibility index (Phi) is 4.44. The summed E-state index contributed by atoms with van der Waals surface area (Å²) in [6.07, 6.45) is 3.40. The van der Waals surface area contributed by atoms with Crippen LogP contribution >= 0.6 is 0 Å². The third-order valence-corrected chi connectivity index (χ3v) is 3.66. The molecule has 0 spiro atoms. The van der Waals surface area contributed by atoms with E-state index in [-0.39, 0.29) is 0 Å². The summed E-state index contributed by atoms with van der Waals surface area (Å²) in [6.45, 7) is 10.6. The Bertz CT molecular complexity index is 760.